The van der Waals surface area contributed by atoms with Crippen LogP contribution in [0.4, 0.5) is 0 Å². The first-order valence-corrected chi connectivity index (χ1v) is 4.83. The summed E-state index contributed by atoms with van der Waals surface area (Å²) in [6, 6.07) is 0. The lowest BCUT2D eigenvalue weighted by molar-refractivity contribution is -0.137. The van der Waals surface area contributed by atoms with E-state index < -0.39 is 11.5 Å². The molecule has 4 N–H and O–H groups in total. The molecule has 0 radical (unpaired) electrons. The zero-order valence-electron chi connectivity index (χ0n) is 8.08. The van der Waals surface area contributed by atoms with Crippen LogP contribution in [-0.2, 0) is 9.59 Å². The number of nitrogens with one attached hydrogen (secondary N) is 1. The summed E-state index contributed by atoms with van der Waals surface area (Å²) < 4.78 is 0. The first-order valence-electron chi connectivity index (χ1n) is 4.83. The van der Waals surface area contributed by atoms with Crippen LogP contribution in [0.2, 0.25) is 0 Å². The molecule has 14 heavy (non-hydrogen) atoms. The lowest BCUT2D eigenvalue weighted by Gasteiger charge is -2.21. The SMILES string of the molecule is NC1(C(=O)NCCC(=O)O)CCCC1. The molecule has 1 amide bonds. The van der Waals surface area contributed by atoms with Crippen LogP contribution in [0.5, 0.6) is 0 Å². The Bertz CT molecular complexity index is 234. The van der Waals surface area contributed by atoms with Gasteiger partial charge < -0.3 is 16.2 Å². The molecule has 1 aliphatic rings. The van der Waals surface area contributed by atoms with Gasteiger partial charge in [-0.25, -0.2) is 0 Å². The van der Waals surface area contributed by atoms with Crippen LogP contribution in [0.25, 0.3) is 0 Å². The van der Waals surface area contributed by atoms with Crippen molar-refractivity contribution in [2.45, 2.75) is 37.6 Å². The van der Waals surface area contributed by atoms with E-state index in [9.17, 15) is 9.59 Å². The van der Waals surface area contributed by atoms with Crippen molar-refractivity contribution in [1.29, 1.82) is 0 Å². The highest BCUT2D eigenvalue weighted by molar-refractivity contribution is 5.86. The molecular formula is C9H16N2O3. The third-order valence-corrected chi connectivity index (χ3v) is 2.57. The van der Waals surface area contributed by atoms with Crippen molar-refractivity contribution in [3.05, 3.63) is 0 Å². The van der Waals surface area contributed by atoms with Gasteiger partial charge in [0.1, 0.15) is 0 Å². The Labute approximate surface area is 82.7 Å². The number of nitrogens with two attached hydrogens (primary N) is 1. The predicted molar refractivity (Wildman–Crippen MR) is 50.6 cm³/mol. The second-order valence-electron chi connectivity index (χ2n) is 3.76. The molecule has 80 valence electrons. The highest BCUT2D eigenvalue weighted by Crippen LogP contribution is 2.26. The maximum atomic E-state index is 11.5. The zero-order valence-corrected chi connectivity index (χ0v) is 8.08. The lowest BCUT2D eigenvalue weighted by atomic mass is 9.98. The van der Waals surface area contributed by atoms with Gasteiger partial charge in [0.25, 0.3) is 0 Å². The number of carbonyl (C=O) groups excluding carboxylic acids is 1. The van der Waals surface area contributed by atoms with Crippen LogP contribution < -0.4 is 11.1 Å². The van der Waals surface area contributed by atoms with E-state index in [1.165, 1.54) is 0 Å². The molecule has 0 aromatic heterocycles. The minimum Gasteiger partial charge on any atom is -0.481 e. The van der Waals surface area contributed by atoms with Crippen molar-refractivity contribution < 1.29 is 14.7 Å². The van der Waals surface area contributed by atoms with Gasteiger partial charge in [0.2, 0.25) is 5.91 Å². The number of hydrogen-bond donors (Lipinski definition) is 3. The standard InChI is InChI=1S/C9H16N2O3/c10-9(4-1-2-5-9)8(14)11-6-3-7(12)13/h1-6,10H2,(H,11,14)(H,12,13). The first-order chi connectivity index (χ1) is 6.54. The number of carboxylic acid groups (broad SMARTS) is 1. The molecule has 1 fully saturated rings. The van der Waals surface area contributed by atoms with Crippen LogP contribution in [0, 0.1) is 0 Å². The molecule has 0 spiro atoms. The Hall–Kier alpha value is -1.10. The van der Waals surface area contributed by atoms with Crippen LogP contribution in [-0.4, -0.2) is 29.1 Å². The molecule has 0 aliphatic heterocycles. The van der Waals surface area contributed by atoms with Gasteiger partial charge in [-0.05, 0) is 12.8 Å². The highest BCUT2D eigenvalue weighted by atomic mass is 16.4. The Balaban J connectivity index is 2.30. The van der Waals surface area contributed by atoms with Gasteiger partial charge in [0, 0.05) is 6.54 Å². The van der Waals surface area contributed by atoms with Gasteiger partial charge in [-0.1, -0.05) is 12.8 Å². The lowest BCUT2D eigenvalue weighted by Crippen LogP contribution is -2.52. The fraction of sp³-hybridized carbons (Fsp3) is 0.778. The second kappa shape index (κ2) is 4.41. The number of aliphatic carboxylic acids is 1. The molecule has 1 saturated carbocycles. The normalized spacial score (nSPS) is 19.2. The molecule has 5 heteroatoms. The Morgan fingerprint density at radius 2 is 1.93 bits per heavy atom. The third-order valence-electron chi connectivity index (χ3n) is 2.57. The van der Waals surface area contributed by atoms with E-state index in [0.717, 1.165) is 12.8 Å². The quantitative estimate of drug-likeness (QED) is 0.588. The fourth-order valence-corrected chi connectivity index (χ4v) is 1.69. The van der Waals surface area contributed by atoms with E-state index in [-0.39, 0.29) is 18.9 Å². The van der Waals surface area contributed by atoms with Gasteiger partial charge in [-0.3, -0.25) is 9.59 Å². The van der Waals surface area contributed by atoms with Crippen molar-refractivity contribution in [2.24, 2.45) is 5.73 Å². The summed E-state index contributed by atoms with van der Waals surface area (Å²) in [6.45, 7) is 0.160. The van der Waals surface area contributed by atoms with Crippen molar-refractivity contribution >= 4 is 11.9 Å². The number of amides is 1. The molecule has 0 unspecified atom stereocenters. The molecule has 1 aliphatic carbocycles. The van der Waals surface area contributed by atoms with E-state index in [1.54, 1.807) is 0 Å². The Morgan fingerprint density at radius 1 is 1.36 bits per heavy atom. The van der Waals surface area contributed by atoms with Gasteiger partial charge >= 0.3 is 5.97 Å². The van der Waals surface area contributed by atoms with Gasteiger partial charge in [-0.15, -0.1) is 0 Å². The van der Waals surface area contributed by atoms with E-state index in [0.29, 0.717) is 12.8 Å². The zero-order chi connectivity index (χ0) is 10.6. The van der Waals surface area contributed by atoms with Crippen LogP contribution in [0.3, 0.4) is 0 Å². The Morgan fingerprint density at radius 3 is 2.43 bits per heavy atom. The molecule has 0 atom stereocenters. The maximum absolute atomic E-state index is 11.5. The number of carbonyl (C=O) groups is 2. The first kappa shape index (κ1) is 11.0. The molecule has 0 saturated heterocycles. The monoisotopic (exact) mass is 200 g/mol. The van der Waals surface area contributed by atoms with E-state index in [1.807, 2.05) is 0 Å². The average Bonchev–Trinajstić information content (AvgIpc) is 2.52. The summed E-state index contributed by atoms with van der Waals surface area (Å²) >= 11 is 0. The smallest absolute Gasteiger partial charge is 0.305 e. The average molecular weight is 200 g/mol. The van der Waals surface area contributed by atoms with Crippen LogP contribution in [0.15, 0.2) is 0 Å². The summed E-state index contributed by atoms with van der Waals surface area (Å²) in [7, 11) is 0. The summed E-state index contributed by atoms with van der Waals surface area (Å²) in [6.07, 6.45) is 3.30. The summed E-state index contributed by atoms with van der Waals surface area (Å²) in [5.41, 5.74) is 5.11. The minimum atomic E-state index is -0.914. The fourth-order valence-electron chi connectivity index (χ4n) is 1.69. The molecule has 0 aromatic rings. The Kier molecular flexibility index (Phi) is 3.46. The van der Waals surface area contributed by atoms with Crippen LogP contribution in [0.1, 0.15) is 32.1 Å². The third kappa shape index (κ3) is 2.70. The largest absolute Gasteiger partial charge is 0.481 e. The maximum Gasteiger partial charge on any atom is 0.305 e. The van der Waals surface area contributed by atoms with E-state index in [2.05, 4.69) is 5.32 Å². The van der Waals surface area contributed by atoms with Crippen molar-refractivity contribution in [3.8, 4) is 0 Å². The molecule has 5 nitrogen and oxygen atoms in total. The molecule has 0 heterocycles. The second-order valence-corrected chi connectivity index (χ2v) is 3.76. The summed E-state index contributed by atoms with van der Waals surface area (Å²) in [5.74, 6) is -1.13. The van der Waals surface area contributed by atoms with E-state index in [4.69, 9.17) is 10.8 Å². The number of rotatable bonds is 4. The van der Waals surface area contributed by atoms with E-state index >= 15 is 0 Å². The number of carboxylic acids is 1. The minimum absolute atomic E-state index is 0.0537. The van der Waals surface area contributed by atoms with Gasteiger partial charge in [0.05, 0.1) is 12.0 Å². The topological polar surface area (TPSA) is 92.4 Å². The summed E-state index contributed by atoms with van der Waals surface area (Å²) in [5, 5.41) is 10.9. The van der Waals surface area contributed by atoms with Gasteiger partial charge in [-0.2, -0.15) is 0 Å². The number of hydrogen-bond acceptors (Lipinski definition) is 3. The predicted octanol–water partition coefficient (Wildman–Crippen LogP) is -0.151. The van der Waals surface area contributed by atoms with Gasteiger partial charge in [0.15, 0.2) is 0 Å². The van der Waals surface area contributed by atoms with Crippen molar-refractivity contribution in [3.63, 3.8) is 0 Å². The highest BCUT2D eigenvalue weighted by Gasteiger charge is 2.36. The van der Waals surface area contributed by atoms with Crippen molar-refractivity contribution in [1.82, 2.24) is 5.32 Å². The molecule has 0 bridgehead atoms. The summed E-state index contributed by atoms with van der Waals surface area (Å²) in [4.78, 5) is 21.7. The molecular weight excluding hydrogens is 184 g/mol. The van der Waals surface area contributed by atoms with Crippen LogP contribution >= 0.6 is 0 Å². The molecule has 1 rings (SSSR count). The van der Waals surface area contributed by atoms with Crippen molar-refractivity contribution in [2.75, 3.05) is 6.54 Å². The molecule has 0 aromatic carbocycles.